The maximum absolute atomic E-state index is 14.8. The number of hydrogen-bond donors (Lipinski definition) is 2. The van der Waals surface area contributed by atoms with Crippen molar-refractivity contribution in [1.29, 1.82) is 0 Å². The molecule has 4 aromatic rings. The molecule has 1 atom stereocenters. The lowest BCUT2D eigenvalue weighted by Gasteiger charge is -2.23. The molecule has 2 aromatic heterocycles. The summed E-state index contributed by atoms with van der Waals surface area (Å²) >= 11 is 0. The standard InChI is InChI=1S/C24H21FN6O/c1-3-18-21-22(26)27-13-28-23(21)30(29-18)12-16-11-15-8-6-7-14(2)20(15)24(32)31(16)19-10-5-4-9-17(19)25/h3-11,13,18,29H,1,12H2,2H3,(H2,26,27,28). The zero-order valence-corrected chi connectivity index (χ0v) is 17.4. The SMILES string of the molecule is C=CC1NN(Cc2cc3cccc(C)c3c(=O)n2-c2ccccc2F)c2ncnc(N)c21. The van der Waals surface area contributed by atoms with Crippen LogP contribution in [0.3, 0.4) is 0 Å². The number of hydrazine groups is 1. The average Bonchev–Trinajstić information content (AvgIpc) is 3.14. The smallest absolute Gasteiger partial charge is 0.263 e. The van der Waals surface area contributed by atoms with Crippen LogP contribution in [0.15, 0.2) is 72.3 Å². The van der Waals surface area contributed by atoms with Crippen molar-refractivity contribution in [3.05, 3.63) is 101 Å². The molecule has 1 aliphatic heterocycles. The molecule has 160 valence electrons. The van der Waals surface area contributed by atoms with Crippen molar-refractivity contribution in [2.45, 2.75) is 19.5 Å². The van der Waals surface area contributed by atoms with E-state index in [4.69, 9.17) is 5.73 Å². The zero-order valence-electron chi connectivity index (χ0n) is 17.4. The number of nitrogens with two attached hydrogens (primary N) is 1. The van der Waals surface area contributed by atoms with Crippen molar-refractivity contribution in [3.8, 4) is 5.69 Å². The normalized spacial score (nSPS) is 15.2. The fourth-order valence-corrected chi connectivity index (χ4v) is 4.26. The van der Waals surface area contributed by atoms with Gasteiger partial charge in [0, 0.05) is 5.69 Å². The summed E-state index contributed by atoms with van der Waals surface area (Å²) in [6, 6.07) is 13.6. The summed E-state index contributed by atoms with van der Waals surface area (Å²) in [5.74, 6) is 0.476. The molecule has 32 heavy (non-hydrogen) atoms. The van der Waals surface area contributed by atoms with Gasteiger partial charge in [0.25, 0.3) is 5.56 Å². The minimum atomic E-state index is -0.478. The van der Waals surface area contributed by atoms with Crippen LogP contribution in [-0.2, 0) is 6.54 Å². The molecule has 5 rings (SSSR count). The van der Waals surface area contributed by atoms with Crippen molar-refractivity contribution >= 4 is 22.4 Å². The highest BCUT2D eigenvalue weighted by molar-refractivity contribution is 5.85. The number of nitrogens with zero attached hydrogens (tertiary/aromatic N) is 4. The number of para-hydroxylation sites is 1. The number of nitrogen functional groups attached to an aromatic ring is 1. The Labute approximate surface area is 183 Å². The first-order valence-corrected chi connectivity index (χ1v) is 10.2. The number of hydrogen-bond acceptors (Lipinski definition) is 6. The highest BCUT2D eigenvalue weighted by atomic mass is 19.1. The Kier molecular flexibility index (Phi) is 4.71. The summed E-state index contributed by atoms with van der Waals surface area (Å²) in [5.41, 5.74) is 11.4. The molecule has 0 saturated carbocycles. The average molecular weight is 428 g/mol. The number of anilines is 2. The van der Waals surface area contributed by atoms with E-state index in [-0.39, 0.29) is 23.8 Å². The Bertz CT molecular complexity index is 1430. The molecule has 0 fully saturated rings. The Morgan fingerprint density at radius 1 is 1.22 bits per heavy atom. The van der Waals surface area contributed by atoms with E-state index >= 15 is 0 Å². The lowest BCUT2D eigenvalue weighted by Crippen LogP contribution is -2.36. The van der Waals surface area contributed by atoms with Crippen molar-refractivity contribution < 1.29 is 4.39 Å². The third-order valence-corrected chi connectivity index (χ3v) is 5.74. The second kappa shape index (κ2) is 7.58. The quantitative estimate of drug-likeness (QED) is 0.483. The predicted molar refractivity (Wildman–Crippen MR) is 123 cm³/mol. The van der Waals surface area contributed by atoms with Crippen LogP contribution in [-0.4, -0.2) is 14.5 Å². The predicted octanol–water partition coefficient (Wildman–Crippen LogP) is 3.56. The monoisotopic (exact) mass is 428 g/mol. The first-order chi connectivity index (χ1) is 15.5. The lowest BCUT2D eigenvalue weighted by molar-refractivity contribution is 0.591. The fourth-order valence-electron chi connectivity index (χ4n) is 4.26. The topological polar surface area (TPSA) is 89.1 Å². The molecule has 3 N–H and O–H groups in total. The van der Waals surface area contributed by atoms with Crippen LogP contribution in [0, 0.1) is 12.7 Å². The van der Waals surface area contributed by atoms with Crippen LogP contribution < -0.4 is 21.7 Å². The number of aromatic nitrogens is 3. The minimum absolute atomic E-state index is 0.194. The van der Waals surface area contributed by atoms with Gasteiger partial charge in [0.15, 0.2) is 5.82 Å². The molecule has 1 unspecified atom stereocenters. The summed E-state index contributed by atoms with van der Waals surface area (Å²) in [4.78, 5) is 22.1. The van der Waals surface area contributed by atoms with Crippen LogP contribution in [0.5, 0.6) is 0 Å². The Morgan fingerprint density at radius 2 is 2.03 bits per heavy atom. The van der Waals surface area contributed by atoms with Gasteiger partial charge in [-0.15, -0.1) is 6.58 Å². The van der Waals surface area contributed by atoms with Crippen LogP contribution in [0.2, 0.25) is 0 Å². The van der Waals surface area contributed by atoms with E-state index in [1.807, 2.05) is 31.2 Å². The Morgan fingerprint density at radius 3 is 2.81 bits per heavy atom. The van der Waals surface area contributed by atoms with Gasteiger partial charge in [-0.25, -0.2) is 19.8 Å². The van der Waals surface area contributed by atoms with Gasteiger partial charge in [-0.1, -0.05) is 36.4 Å². The van der Waals surface area contributed by atoms with Crippen molar-refractivity contribution in [2.24, 2.45) is 0 Å². The minimum Gasteiger partial charge on any atom is -0.383 e. The Balaban J connectivity index is 1.73. The zero-order chi connectivity index (χ0) is 22.4. The van der Waals surface area contributed by atoms with Gasteiger partial charge in [-0.05, 0) is 36.1 Å². The molecule has 1 aliphatic rings. The van der Waals surface area contributed by atoms with E-state index in [0.29, 0.717) is 22.7 Å². The van der Waals surface area contributed by atoms with Gasteiger partial charge >= 0.3 is 0 Å². The van der Waals surface area contributed by atoms with Crippen LogP contribution >= 0.6 is 0 Å². The maximum atomic E-state index is 14.8. The van der Waals surface area contributed by atoms with E-state index < -0.39 is 5.82 Å². The van der Waals surface area contributed by atoms with E-state index in [0.717, 1.165) is 16.5 Å². The highest BCUT2D eigenvalue weighted by Crippen LogP contribution is 2.35. The fraction of sp³-hybridized carbons (Fsp3) is 0.125. The van der Waals surface area contributed by atoms with E-state index in [1.165, 1.54) is 17.0 Å². The van der Waals surface area contributed by atoms with Gasteiger partial charge in [0.2, 0.25) is 0 Å². The van der Waals surface area contributed by atoms with Crippen molar-refractivity contribution in [2.75, 3.05) is 10.7 Å². The summed E-state index contributed by atoms with van der Waals surface area (Å²) in [7, 11) is 0. The van der Waals surface area contributed by atoms with Crippen LogP contribution in [0.1, 0.15) is 22.9 Å². The van der Waals surface area contributed by atoms with Gasteiger partial charge in [-0.3, -0.25) is 14.4 Å². The molecule has 8 heteroatoms. The van der Waals surface area contributed by atoms with E-state index in [2.05, 4.69) is 22.0 Å². The van der Waals surface area contributed by atoms with Gasteiger partial charge < -0.3 is 5.73 Å². The summed E-state index contributed by atoms with van der Waals surface area (Å²) < 4.78 is 16.2. The van der Waals surface area contributed by atoms with E-state index in [9.17, 15) is 9.18 Å². The second-order valence-corrected chi connectivity index (χ2v) is 7.69. The third-order valence-electron chi connectivity index (χ3n) is 5.74. The second-order valence-electron chi connectivity index (χ2n) is 7.69. The molecular formula is C24H21FN6O. The molecule has 0 radical (unpaired) electrons. The first kappa shape index (κ1) is 19.9. The van der Waals surface area contributed by atoms with Crippen molar-refractivity contribution in [3.63, 3.8) is 0 Å². The summed E-state index contributed by atoms with van der Waals surface area (Å²) in [5, 5.41) is 3.14. The molecule has 7 nitrogen and oxygen atoms in total. The summed E-state index contributed by atoms with van der Waals surface area (Å²) in [6.07, 6.45) is 3.11. The lowest BCUT2D eigenvalue weighted by atomic mass is 10.1. The van der Waals surface area contributed by atoms with Crippen LogP contribution in [0.25, 0.3) is 16.5 Å². The largest absolute Gasteiger partial charge is 0.383 e. The number of pyridine rings is 1. The van der Waals surface area contributed by atoms with Gasteiger partial charge in [0.1, 0.15) is 18.0 Å². The molecule has 2 aromatic carbocycles. The first-order valence-electron chi connectivity index (χ1n) is 10.2. The molecular weight excluding hydrogens is 407 g/mol. The molecule has 0 saturated heterocycles. The van der Waals surface area contributed by atoms with Crippen molar-refractivity contribution in [1.82, 2.24) is 20.0 Å². The maximum Gasteiger partial charge on any atom is 0.263 e. The number of fused-ring (bicyclic) bond motifs is 2. The third kappa shape index (κ3) is 3.04. The number of nitrogens with one attached hydrogen (secondary N) is 1. The number of rotatable bonds is 4. The molecule has 3 heterocycles. The number of halogens is 1. The molecule has 0 bridgehead atoms. The molecule has 0 spiro atoms. The highest BCUT2D eigenvalue weighted by Gasteiger charge is 2.31. The number of aryl methyl sites for hydroxylation is 1. The van der Waals surface area contributed by atoms with Gasteiger partial charge in [0.05, 0.1) is 29.2 Å². The number of benzene rings is 2. The molecule has 0 aliphatic carbocycles. The van der Waals surface area contributed by atoms with Crippen LogP contribution in [0.4, 0.5) is 16.0 Å². The Hall–Kier alpha value is -4.04. The summed E-state index contributed by atoms with van der Waals surface area (Å²) in [6.45, 7) is 5.97. The van der Waals surface area contributed by atoms with Gasteiger partial charge in [-0.2, -0.15) is 0 Å². The molecule has 0 amide bonds. The van der Waals surface area contributed by atoms with E-state index in [1.54, 1.807) is 29.3 Å².